The van der Waals surface area contributed by atoms with Gasteiger partial charge in [-0.05, 0) is 51.0 Å². The van der Waals surface area contributed by atoms with E-state index in [9.17, 15) is 0 Å². The number of hydrogen-bond acceptors (Lipinski definition) is 3. The van der Waals surface area contributed by atoms with Gasteiger partial charge in [-0.25, -0.2) is 0 Å². The van der Waals surface area contributed by atoms with E-state index in [1.165, 1.54) is 11.1 Å². The molecule has 2 rings (SSSR count). The molecule has 1 aromatic heterocycles. The van der Waals surface area contributed by atoms with Crippen LogP contribution in [-0.4, -0.2) is 9.97 Å². The topological polar surface area (TPSA) is 50.9 Å². The van der Waals surface area contributed by atoms with E-state index in [-0.39, 0.29) is 0 Å². The fourth-order valence-corrected chi connectivity index (χ4v) is 2.53. The summed E-state index contributed by atoms with van der Waals surface area (Å²) in [6.07, 6.45) is 0. The molecule has 20 heavy (non-hydrogen) atoms. The number of rotatable bonds is 3. The Balaban J connectivity index is 2.53. The van der Waals surface area contributed by atoms with Gasteiger partial charge in [-0.15, -0.1) is 0 Å². The van der Waals surface area contributed by atoms with Crippen molar-refractivity contribution in [3.05, 3.63) is 52.3 Å². The first-order valence-corrected chi connectivity index (χ1v) is 6.92. The largest absolute Gasteiger partial charge is 0.389 e. The van der Waals surface area contributed by atoms with Crippen molar-refractivity contribution in [1.82, 2.24) is 4.98 Å². The summed E-state index contributed by atoms with van der Waals surface area (Å²) in [4.78, 5) is 4.79. The summed E-state index contributed by atoms with van der Waals surface area (Å²) >= 11 is 5.15. The van der Waals surface area contributed by atoms with Gasteiger partial charge in [0.05, 0.1) is 11.3 Å². The minimum Gasteiger partial charge on any atom is -0.389 e. The monoisotopic (exact) mass is 285 g/mol. The average Bonchev–Trinajstić information content (AvgIpc) is 2.33. The highest BCUT2D eigenvalue weighted by Crippen LogP contribution is 2.27. The van der Waals surface area contributed by atoms with E-state index in [4.69, 9.17) is 18.0 Å². The summed E-state index contributed by atoms with van der Waals surface area (Å²) < 4.78 is 0. The van der Waals surface area contributed by atoms with Gasteiger partial charge in [-0.3, -0.25) is 4.98 Å². The number of hydrogen-bond donors (Lipinski definition) is 2. The Morgan fingerprint density at radius 2 is 1.85 bits per heavy atom. The molecule has 0 fully saturated rings. The van der Waals surface area contributed by atoms with E-state index in [0.717, 1.165) is 28.3 Å². The molecule has 1 heterocycles. The zero-order chi connectivity index (χ0) is 14.9. The third kappa shape index (κ3) is 2.80. The zero-order valence-corrected chi connectivity index (χ0v) is 13.1. The molecule has 0 aliphatic rings. The molecule has 0 bridgehead atoms. The third-order valence-electron chi connectivity index (χ3n) is 3.45. The molecule has 4 heteroatoms. The molecule has 3 nitrogen and oxygen atoms in total. The van der Waals surface area contributed by atoms with E-state index in [1.807, 2.05) is 26.0 Å². The van der Waals surface area contributed by atoms with Crippen molar-refractivity contribution in [2.45, 2.75) is 27.7 Å². The number of anilines is 2. The number of aryl methyl sites for hydroxylation is 3. The van der Waals surface area contributed by atoms with Gasteiger partial charge >= 0.3 is 0 Å². The highest BCUT2D eigenvalue weighted by atomic mass is 32.1. The van der Waals surface area contributed by atoms with Crippen molar-refractivity contribution < 1.29 is 0 Å². The lowest BCUT2D eigenvalue weighted by Crippen LogP contribution is -2.15. The Bertz CT molecular complexity index is 678. The van der Waals surface area contributed by atoms with Crippen molar-refractivity contribution in [1.29, 1.82) is 0 Å². The van der Waals surface area contributed by atoms with Gasteiger partial charge in [-0.2, -0.15) is 0 Å². The molecule has 0 aliphatic carbocycles. The predicted octanol–water partition coefficient (Wildman–Crippen LogP) is 3.69. The molecule has 3 N–H and O–H groups in total. The molecule has 0 aliphatic heterocycles. The van der Waals surface area contributed by atoms with Gasteiger partial charge in [0.15, 0.2) is 0 Å². The van der Waals surface area contributed by atoms with Gasteiger partial charge in [-0.1, -0.05) is 24.4 Å². The summed E-state index contributed by atoms with van der Waals surface area (Å²) in [5.41, 5.74) is 12.9. The van der Waals surface area contributed by atoms with Gasteiger partial charge < -0.3 is 11.1 Å². The number of nitrogens with two attached hydrogens (primary N) is 1. The van der Waals surface area contributed by atoms with Crippen LogP contribution in [0.5, 0.6) is 0 Å². The third-order valence-corrected chi connectivity index (χ3v) is 3.65. The van der Waals surface area contributed by atoms with Crippen LogP contribution in [0.4, 0.5) is 11.4 Å². The van der Waals surface area contributed by atoms with Crippen LogP contribution in [0.15, 0.2) is 24.3 Å². The molecule has 1 aromatic carbocycles. The van der Waals surface area contributed by atoms with Crippen LogP contribution < -0.4 is 11.1 Å². The van der Waals surface area contributed by atoms with E-state index in [2.05, 4.69) is 36.3 Å². The lowest BCUT2D eigenvalue weighted by molar-refractivity contribution is 1.11. The quantitative estimate of drug-likeness (QED) is 0.844. The van der Waals surface area contributed by atoms with Crippen molar-refractivity contribution >= 4 is 28.6 Å². The molecule has 0 saturated carbocycles. The van der Waals surface area contributed by atoms with E-state index in [0.29, 0.717) is 4.99 Å². The number of aromatic nitrogens is 1. The predicted molar refractivity (Wildman–Crippen MR) is 88.8 cm³/mol. The molecule has 104 valence electrons. The van der Waals surface area contributed by atoms with Gasteiger partial charge in [0.25, 0.3) is 0 Å². The summed E-state index contributed by atoms with van der Waals surface area (Å²) in [7, 11) is 0. The van der Waals surface area contributed by atoms with Crippen LogP contribution in [0.2, 0.25) is 0 Å². The van der Waals surface area contributed by atoms with Crippen LogP contribution in [0, 0.1) is 27.7 Å². The van der Waals surface area contributed by atoms with Crippen LogP contribution in [0.1, 0.15) is 28.1 Å². The average molecular weight is 285 g/mol. The lowest BCUT2D eigenvalue weighted by atomic mass is 10.1. The number of thiocarbonyl (C=S) groups is 1. The minimum absolute atomic E-state index is 0.364. The smallest absolute Gasteiger partial charge is 0.107 e. The van der Waals surface area contributed by atoms with Gasteiger partial charge in [0.1, 0.15) is 4.99 Å². The van der Waals surface area contributed by atoms with E-state index in [1.54, 1.807) is 0 Å². The molecule has 0 amide bonds. The second kappa shape index (κ2) is 5.59. The fraction of sp³-hybridized carbons (Fsp3) is 0.250. The molecule has 0 atom stereocenters. The standard InChI is InChI=1S/C16H19N3S/c1-9-6-5-7-13(11(9)3)19-14-8-10(2)18-12(4)15(14)16(17)20/h5-8H,1-4H3,(H2,17,20)(H,18,19). The van der Waals surface area contributed by atoms with Crippen molar-refractivity contribution in [2.75, 3.05) is 5.32 Å². The first kappa shape index (κ1) is 14.5. The van der Waals surface area contributed by atoms with Crippen molar-refractivity contribution in [2.24, 2.45) is 5.73 Å². The van der Waals surface area contributed by atoms with E-state index < -0.39 is 0 Å². The Morgan fingerprint density at radius 1 is 1.15 bits per heavy atom. The highest BCUT2D eigenvalue weighted by molar-refractivity contribution is 7.80. The fourth-order valence-electron chi connectivity index (χ4n) is 2.27. The maximum absolute atomic E-state index is 5.84. The lowest BCUT2D eigenvalue weighted by Gasteiger charge is -2.16. The Morgan fingerprint density at radius 3 is 2.50 bits per heavy atom. The van der Waals surface area contributed by atoms with Crippen molar-refractivity contribution in [3.63, 3.8) is 0 Å². The van der Waals surface area contributed by atoms with Gasteiger partial charge in [0.2, 0.25) is 0 Å². The second-order valence-corrected chi connectivity index (χ2v) is 5.45. The Hall–Kier alpha value is -1.94. The summed E-state index contributed by atoms with van der Waals surface area (Å²) in [6, 6.07) is 8.16. The minimum atomic E-state index is 0.364. The number of benzene rings is 1. The molecular weight excluding hydrogens is 266 g/mol. The summed E-state index contributed by atoms with van der Waals surface area (Å²) in [5, 5.41) is 3.44. The number of nitrogens with zero attached hydrogens (tertiary/aromatic N) is 1. The normalized spacial score (nSPS) is 10.4. The highest BCUT2D eigenvalue weighted by Gasteiger charge is 2.12. The molecule has 0 unspecified atom stereocenters. The Labute approximate surface area is 125 Å². The van der Waals surface area contributed by atoms with Crippen LogP contribution in [0.25, 0.3) is 0 Å². The molecule has 0 radical (unpaired) electrons. The number of nitrogens with one attached hydrogen (secondary N) is 1. The Kier molecular flexibility index (Phi) is 4.04. The maximum atomic E-state index is 5.84. The van der Waals surface area contributed by atoms with Crippen LogP contribution >= 0.6 is 12.2 Å². The first-order chi connectivity index (χ1) is 9.40. The van der Waals surface area contributed by atoms with Gasteiger partial charge in [0, 0.05) is 17.1 Å². The first-order valence-electron chi connectivity index (χ1n) is 6.51. The summed E-state index contributed by atoms with van der Waals surface area (Å²) in [5.74, 6) is 0. The van der Waals surface area contributed by atoms with Crippen LogP contribution in [-0.2, 0) is 0 Å². The second-order valence-electron chi connectivity index (χ2n) is 5.01. The SMILES string of the molecule is Cc1cc(Nc2cccc(C)c2C)c(C(N)=S)c(C)n1. The molecule has 0 spiro atoms. The number of pyridine rings is 1. The molecular formula is C16H19N3S. The van der Waals surface area contributed by atoms with E-state index >= 15 is 0 Å². The summed E-state index contributed by atoms with van der Waals surface area (Å²) in [6.45, 7) is 8.08. The zero-order valence-electron chi connectivity index (χ0n) is 12.2. The van der Waals surface area contributed by atoms with Crippen molar-refractivity contribution in [3.8, 4) is 0 Å². The maximum Gasteiger partial charge on any atom is 0.107 e. The van der Waals surface area contributed by atoms with Crippen LogP contribution in [0.3, 0.4) is 0 Å². The molecule has 2 aromatic rings. The molecule has 0 saturated heterocycles.